The number of hydroxylamine groups is 1. The van der Waals surface area contributed by atoms with Crippen LogP contribution in [0.25, 0.3) is 0 Å². The van der Waals surface area contributed by atoms with Crippen LogP contribution in [-0.2, 0) is 14.3 Å². The molecule has 0 saturated carbocycles. The lowest BCUT2D eigenvalue weighted by Gasteiger charge is -2.06. The van der Waals surface area contributed by atoms with Gasteiger partial charge in [0.15, 0.2) is 6.04 Å². The molecule has 6 heteroatoms. The maximum absolute atomic E-state index is 10.6. The highest BCUT2D eigenvalue weighted by Gasteiger charge is 2.22. The predicted octanol–water partition coefficient (Wildman–Crippen LogP) is -1.62. The maximum atomic E-state index is 10.6. The monoisotopic (exact) mass is 162 g/mol. The van der Waals surface area contributed by atoms with Gasteiger partial charge in [-0.15, -0.1) is 0 Å². The van der Waals surface area contributed by atoms with Crippen molar-refractivity contribution < 1.29 is 19.5 Å². The number of hydrogen-bond donors (Lipinski definition) is 3. The number of esters is 1. The normalized spacial score (nSPS) is 11.9. The van der Waals surface area contributed by atoms with Crippen LogP contribution in [0.2, 0.25) is 0 Å². The molecule has 0 fully saturated rings. The van der Waals surface area contributed by atoms with Crippen molar-refractivity contribution in [3.05, 3.63) is 0 Å². The highest BCUT2D eigenvalue weighted by molar-refractivity contribution is 6.01. The van der Waals surface area contributed by atoms with Crippen molar-refractivity contribution in [3.8, 4) is 0 Å². The van der Waals surface area contributed by atoms with Crippen LogP contribution in [0.5, 0.6) is 0 Å². The minimum absolute atomic E-state index is 0.144. The molecule has 0 aliphatic heterocycles. The van der Waals surface area contributed by atoms with Crippen molar-refractivity contribution in [1.82, 2.24) is 5.48 Å². The fraction of sp³-hybridized carbons (Fsp3) is 0.600. The van der Waals surface area contributed by atoms with Gasteiger partial charge in [-0.05, 0) is 6.92 Å². The molecule has 0 aromatic carbocycles. The van der Waals surface area contributed by atoms with E-state index in [2.05, 4.69) is 4.74 Å². The fourth-order valence-corrected chi connectivity index (χ4v) is 0.409. The molecule has 0 bridgehead atoms. The highest BCUT2D eigenvalue weighted by atomic mass is 16.5. The minimum Gasteiger partial charge on any atom is -0.464 e. The van der Waals surface area contributed by atoms with E-state index in [4.69, 9.17) is 10.9 Å². The summed E-state index contributed by atoms with van der Waals surface area (Å²) in [7, 11) is 0. The lowest BCUT2D eigenvalue weighted by atomic mass is 10.3. The Morgan fingerprint density at radius 2 is 2.27 bits per heavy atom. The zero-order chi connectivity index (χ0) is 8.85. The zero-order valence-corrected chi connectivity index (χ0v) is 6.03. The van der Waals surface area contributed by atoms with Gasteiger partial charge in [0.25, 0.3) is 5.91 Å². The topological polar surface area (TPSA) is 102 Å². The van der Waals surface area contributed by atoms with E-state index in [1.807, 2.05) is 0 Å². The quantitative estimate of drug-likeness (QED) is 0.200. The van der Waals surface area contributed by atoms with Crippen LogP contribution in [0.4, 0.5) is 0 Å². The Hall–Kier alpha value is -1.14. The smallest absolute Gasteiger partial charge is 0.332 e. The van der Waals surface area contributed by atoms with Gasteiger partial charge in [-0.1, -0.05) is 0 Å². The van der Waals surface area contributed by atoms with Crippen LogP contribution < -0.4 is 11.2 Å². The Morgan fingerprint density at radius 3 is 2.64 bits per heavy atom. The van der Waals surface area contributed by atoms with Gasteiger partial charge in [0.2, 0.25) is 0 Å². The molecule has 4 N–H and O–H groups in total. The molecule has 0 aromatic rings. The molecule has 0 aromatic heterocycles. The Balaban J connectivity index is 3.91. The van der Waals surface area contributed by atoms with Crippen LogP contribution in [0.15, 0.2) is 0 Å². The molecular formula is C5H10N2O4. The lowest BCUT2D eigenvalue weighted by Crippen LogP contribution is -2.45. The molecule has 6 nitrogen and oxygen atoms in total. The molecular weight excluding hydrogens is 152 g/mol. The van der Waals surface area contributed by atoms with Gasteiger partial charge in [0.05, 0.1) is 6.61 Å². The maximum Gasteiger partial charge on any atom is 0.332 e. The number of carbonyl (C=O) groups is 2. The van der Waals surface area contributed by atoms with E-state index in [1.165, 1.54) is 5.48 Å². The van der Waals surface area contributed by atoms with Crippen molar-refractivity contribution in [3.63, 3.8) is 0 Å². The van der Waals surface area contributed by atoms with Crippen LogP contribution in [0.3, 0.4) is 0 Å². The first kappa shape index (κ1) is 9.86. The van der Waals surface area contributed by atoms with Crippen molar-refractivity contribution >= 4 is 11.9 Å². The molecule has 0 rings (SSSR count). The van der Waals surface area contributed by atoms with Crippen molar-refractivity contribution in [2.45, 2.75) is 13.0 Å². The second-order valence-electron chi connectivity index (χ2n) is 1.71. The first-order valence-electron chi connectivity index (χ1n) is 2.99. The minimum atomic E-state index is -1.46. The van der Waals surface area contributed by atoms with E-state index in [0.29, 0.717) is 0 Å². The molecule has 64 valence electrons. The van der Waals surface area contributed by atoms with Crippen LogP contribution in [-0.4, -0.2) is 29.7 Å². The molecule has 1 amide bonds. The second-order valence-corrected chi connectivity index (χ2v) is 1.71. The molecule has 0 radical (unpaired) electrons. The van der Waals surface area contributed by atoms with Crippen LogP contribution in [0, 0.1) is 0 Å². The Morgan fingerprint density at radius 1 is 1.73 bits per heavy atom. The summed E-state index contributed by atoms with van der Waals surface area (Å²) >= 11 is 0. The Labute approximate surface area is 63.3 Å². The fourth-order valence-electron chi connectivity index (χ4n) is 0.409. The Kier molecular flexibility index (Phi) is 4.16. The van der Waals surface area contributed by atoms with Gasteiger partial charge in [0, 0.05) is 0 Å². The summed E-state index contributed by atoms with van der Waals surface area (Å²) in [5, 5.41) is 8.03. The third kappa shape index (κ3) is 2.96. The SMILES string of the molecule is CCOC(=O)C(N)C(=O)NO. The van der Waals surface area contributed by atoms with Gasteiger partial charge in [-0.25, -0.2) is 10.3 Å². The average Bonchev–Trinajstić information content (AvgIpc) is 2.02. The summed E-state index contributed by atoms with van der Waals surface area (Å²) < 4.78 is 4.39. The van der Waals surface area contributed by atoms with Gasteiger partial charge in [-0.2, -0.15) is 0 Å². The first-order chi connectivity index (χ1) is 5.13. The molecule has 11 heavy (non-hydrogen) atoms. The number of rotatable bonds is 3. The zero-order valence-electron chi connectivity index (χ0n) is 6.03. The summed E-state index contributed by atoms with van der Waals surface area (Å²) in [5.74, 6) is -1.84. The highest BCUT2D eigenvalue weighted by Crippen LogP contribution is 1.84. The molecule has 0 saturated heterocycles. The summed E-state index contributed by atoms with van der Waals surface area (Å²) in [6.45, 7) is 1.73. The van der Waals surface area contributed by atoms with E-state index in [9.17, 15) is 9.59 Å². The standard InChI is InChI=1S/C5H10N2O4/c1-2-11-5(9)3(6)4(8)7-10/h3,10H,2,6H2,1H3,(H,7,8). The summed E-state index contributed by atoms with van der Waals surface area (Å²) in [6.07, 6.45) is 0. The van der Waals surface area contributed by atoms with Gasteiger partial charge < -0.3 is 10.5 Å². The van der Waals surface area contributed by atoms with Gasteiger partial charge in [0.1, 0.15) is 0 Å². The number of amides is 1. The molecule has 0 spiro atoms. The number of nitrogens with two attached hydrogens (primary N) is 1. The predicted molar refractivity (Wildman–Crippen MR) is 34.5 cm³/mol. The summed E-state index contributed by atoms with van der Waals surface area (Å²) in [4.78, 5) is 21.1. The number of carbonyl (C=O) groups excluding carboxylic acids is 2. The van der Waals surface area contributed by atoms with Crippen molar-refractivity contribution in [2.24, 2.45) is 5.73 Å². The number of ether oxygens (including phenoxy) is 1. The summed E-state index contributed by atoms with van der Waals surface area (Å²) in [5.41, 5.74) is 6.25. The van der Waals surface area contributed by atoms with E-state index in [-0.39, 0.29) is 6.61 Å². The lowest BCUT2D eigenvalue weighted by molar-refractivity contribution is -0.150. The first-order valence-corrected chi connectivity index (χ1v) is 2.99. The van der Waals surface area contributed by atoms with E-state index in [0.717, 1.165) is 0 Å². The van der Waals surface area contributed by atoms with E-state index in [1.54, 1.807) is 6.92 Å². The van der Waals surface area contributed by atoms with Crippen molar-refractivity contribution in [1.29, 1.82) is 0 Å². The summed E-state index contributed by atoms with van der Waals surface area (Å²) in [6, 6.07) is -1.46. The third-order valence-corrected chi connectivity index (χ3v) is 0.933. The van der Waals surface area contributed by atoms with Crippen molar-refractivity contribution in [2.75, 3.05) is 6.61 Å². The molecule has 0 aliphatic carbocycles. The molecule has 0 heterocycles. The third-order valence-electron chi connectivity index (χ3n) is 0.933. The van der Waals surface area contributed by atoms with Gasteiger partial charge in [-0.3, -0.25) is 10.0 Å². The van der Waals surface area contributed by atoms with Crippen LogP contribution in [0.1, 0.15) is 6.92 Å². The number of nitrogens with one attached hydrogen (secondary N) is 1. The van der Waals surface area contributed by atoms with Crippen LogP contribution >= 0.6 is 0 Å². The largest absolute Gasteiger partial charge is 0.464 e. The van der Waals surface area contributed by atoms with Gasteiger partial charge >= 0.3 is 5.97 Å². The number of hydrogen-bond acceptors (Lipinski definition) is 5. The molecule has 0 aliphatic rings. The van der Waals surface area contributed by atoms with E-state index >= 15 is 0 Å². The Bertz CT molecular complexity index is 159. The molecule has 1 atom stereocenters. The molecule has 1 unspecified atom stereocenters. The second kappa shape index (κ2) is 4.64. The van der Waals surface area contributed by atoms with E-state index < -0.39 is 17.9 Å². The average molecular weight is 162 g/mol.